The minimum atomic E-state index is -1.70. The van der Waals surface area contributed by atoms with Crippen LogP contribution in [0.15, 0.2) is 35.9 Å². The zero-order valence-electron chi connectivity index (χ0n) is 21.1. The second kappa shape index (κ2) is 11.5. The van der Waals surface area contributed by atoms with Crippen molar-refractivity contribution in [1.29, 1.82) is 0 Å². The molecule has 29 heavy (non-hydrogen) atoms. The molecule has 0 saturated carbocycles. The van der Waals surface area contributed by atoms with Gasteiger partial charge >= 0.3 is 0 Å². The Morgan fingerprint density at radius 3 is 1.86 bits per heavy atom. The van der Waals surface area contributed by atoms with Crippen LogP contribution in [-0.4, -0.2) is 14.9 Å². The Kier molecular flexibility index (Phi) is 10.4. The first-order valence-electron chi connectivity index (χ1n) is 11.8. The molecule has 0 heterocycles. The lowest BCUT2D eigenvalue weighted by molar-refractivity contribution is 0.269. The van der Waals surface area contributed by atoms with Gasteiger partial charge in [0.05, 0.1) is 0 Å². The number of benzene rings is 1. The zero-order valence-corrected chi connectivity index (χ0v) is 22.1. The first-order valence-corrected chi connectivity index (χ1v) is 13.9. The molecule has 1 nitrogen and oxygen atoms in total. The van der Waals surface area contributed by atoms with E-state index in [4.69, 9.17) is 4.43 Å². The summed E-state index contributed by atoms with van der Waals surface area (Å²) in [6, 6.07) is 9.13. The molecule has 0 bridgehead atoms. The molecule has 0 aromatic heterocycles. The van der Waals surface area contributed by atoms with Gasteiger partial charge in [-0.3, -0.25) is 0 Å². The predicted molar refractivity (Wildman–Crippen MR) is 133 cm³/mol. The maximum Gasteiger partial charge on any atom is 0.200 e. The average Bonchev–Trinajstić information content (AvgIpc) is 2.61. The van der Waals surface area contributed by atoms with Crippen molar-refractivity contribution in [1.82, 2.24) is 0 Å². The molecule has 1 rings (SSSR count). The minimum Gasteiger partial charge on any atom is -0.416 e. The molecule has 1 aromatic carbocycles. The van der Waals surface area contributed by atoms with E-state index in [1.807, 2.05) is 0 Å². The highest BCUT2D eigenvalue weighted by atomic mass is 28.4. The first-order chi connectivity index (χ1) is 13.4. The van der Waals surface area contributed by atoms with Crippen LogP contribution in [0, 0.1) is 0 Å². The zero-order chi connectivity index (χ0) is 22.2. The third-order valence-electron chi connectivity index (χ3n) is 6.53. The predicted octanol–water partition coefficient (Wildman–Crippen LogP) is 8.84. The van der Waals surface area contributed by atoms with Crippen LogP contribution in [0.1, 0.15) is 99.6 Å². The van der Waals surface area contributed by atoms with Gasteiger partial charge in [0.1, 0.15) is 0 Å². The fourth-order valence-electron chi connectivity index (χ4n) is 4.79. The summed E-state index contributed by atoms with van der Waals surface area (Å²) in [5.74, 6) is 0. The second-order valence-corrected chi connectivity index (χ2v) is 16.3. The van der Waals surface area contributed by atoms with Crippen molar-refractivity contribution in [3.05, 3.63) is 47.0 Å². The molecule has 0 amide bonds. The molecule has 0 unspecified atom stereocenters. The summed E-state index contributed by atoms with van der Waals surface area (Å²) in [6.45, 7) is 24.2. The molecule has 0 radical (unpaired) electrons. The van der Waals surface area contributed by atoms with Crippen molar-refractivity contribution >= 4 is 8.32 Å². The molecule has 0 aliphatic heterocycles. The lowest BCUT2D eigenvalue weighted by Crippen LogP contribution is -2.47. The Bertz CT molecular complexity index is 595. The van der Waals surface area contributed by atoms with E-state index in [-0.39, 0.29) is 5.41 Å². The van der Waals surface area contributed by atoms with Crippen molar-refractivity contribution < 1.29 is 4.43 Å². The van der Waals surface area contributed by atoms with Gasteiger partial charge in [0.25, 0.3) is 0 Å². The summed E-state index contributed by atoms with van der Waals surface area (Å²) in [5, 5.41) is 0. The van der Waals surface area contributed by atoms with Crippen LogP contribution in [0.5, 0.6) is 0 Å². The number of rotatable bonds is 11. The Labute approximate surface area is 183 Å². The smallest absolute Gasteiger partial charge is 0.200 e. The second-order valence-electron chi connectivity index (χ2n) is 10.8. The van der Waals surface area contributed by atoms with Gasteiger partial charge in [-0.2, -0.15) is 0 Å². The molecule has 2 heteroatoms. The summed E-state index contributed by atoms with van der Waals surface area (Å²) < 4.78 is 6.68. The van der Waals surface area contributed by atoms with Crippen molar-refractivity contribution in [2.75, 3.05) is 6.61 Å². The molecule has 0 aliphatic carbocycles. The van der Waals surface area contributed by atoms with Gasteiger partial charge in [-0.25, -0.2) is 0 Å². The van der Waals surface area contributed by atoms with E-state index in [1.54, 1.807) is 0 Å². The molecule has 0 aliphatic rings. The lowest BCUT2D eigenvalue weighted by Gasteiger charge is -2.42. The first kappa shape index (κ1) is 26.2. The SMILES string of the molecule is C/C(=C\Cc1ccc(C(C)(C)C)cc1)CCCCO[Si](C(C)C)(C(C)C)C(C)C. The number of allylic oxidation sites excluding steroid dienone is 2. The van der Waals surface area contributed by atoms with E-state index in [0.717, 1.165) is 13.0 Å². The van der Waals surface area contributed by atoms with Gasteiger partial charge in [0, 0.05) is 6.61 Å². The largest absolute Gasteiger partial charge is 0.416 e. The maximum atomic E-state index is 6.68. The summed E-state index contributed by atoms with van der Waals surface area (Å²) in [7, 11) is -1.70. The summed E-state index contributed by atoms with van der Waals surface area (Å²) in [6.07, 6.45) is 7.03. The van der Waals surface area contributed by atoms with Crippen LogP contribution >= 0.6 is 0 Å². The van der Waals surface area contributed by atoms with E-state index in [9.17, 15) is 0 Å². The normalized spacial score (nSPS) is 13.8. The monoisotopic (exact) mass is 416 g/mol. The molecular weight excluding hydrogens is 368 g/mol. The number of unbranched alkanes of at least 4 members (excludes halogenated alkanes) is 1. The van der Waals surface area contributed by atoms with Crippen LogP contribution in [-0.2, 0) is 16.3 Å². The highest BCUT2D eigenvalue weighted by Gasteiger charge is 2.44. The molecule has 0 N–H and O–H groups in total. The summed E-state index contributed by atoms with van der Waals surface area (Å²) in [4.78, 5) is 0. The molecule has 0 saturated heterocycles. The Morgan fingerprint density at radius 2 is 1.41 bits per heavy atom. The molecule has 1 aromatic rings. The third-order valence-corrected chi connectivity index (χ3v) is 12.6. The molecule has 0 atom stereocenters. The van der Waals surface area contributed by atoms with Gasteiger partial charge in [0.15, 0.2) is 8.32 Å². The lowest BCUT2D eigenvalue weighted by atomic mass is 9.86. The molecule has 166 valence electrons. The maximum absolute atomic E-state index is 6.68. The van der Waals surface area contributed by atoms with E-state index in [0.29, 0.717) is 16.6 Å². The van der Waals surface area contributed by atoms with Crippen molar-refractivity contribution in [3.63, 3.8) is 0 Å². The van der Waals surface area contributed by atoms with Gasteiger partial charge < -0.3 is 4.43 Å². The van der Waals surface area contributed by atoms with Crippen LogP contribution in [0.2, 0.25) is 16.6 Å². The fraction of sp³-hybridized carbons (Fsp3) is 0.704. The van der Waals surface area contributed by atoms with Crippen LogP contribution in [0.25, 0.3) is 0 Å². The van der Waals surface area contributed by atoms with E-state index >= 15 is 0 Å². The Morgan fingerprint density at radius 1 is 0.897 bits per heavy atom. The highest BCUT2D eigenvalue weighted by Crippen LogP contribution is 2.42. The standard InChI is InChI=1S/C27H48OSi/c1-21(2)29(22(3)4,23(5)6)28-20-12-11-13-24(7)14-15-25-16-18-26(19-17-25)27(8,9)10/h14,16-19,21-23H,11-13,15,20H2,1-10H3/b24-14+. The van der Waals surface area contributed by atoms with E-state index < -0.39 is 8.32 Å². The van der Waals surface area contributed by atoms with Gasteiger partial charge in [-0.1, -0.05) is 98.2 Å². The number of hydrogen-bond donors (Lipinski definition) is 0. The van der Waals surface area contributed by atoms with Crippen molar-refractivity contribution in [2.45, 2.75) is 117 Å². The van der Waals surface area contributed by atoms with Gasteiger partial charge in [-0.15, -0.1) is 0 Å². The molecule has 0 spiro atoms. The quantitative estimate of drug-likeness (QED) is 0.199. The fourth-order valence-corrected chi connectivity index (χ4v) is 10.3. The minimum absolute atomic E-state index is 0.230. The molecular formula is C27H48OSi. The Balaban J connectivity index is 2.46. The average molecular weight is 417 g/mol. The topological polar surface area (TPSA) is 9.23 Å². The van der Waals surface area contributed by atoms with Crippen molar-refractivity contribution in [3.8, 4) is 0 Å². The van der Waals surface area contributed by atoms with Crippen LogP contribution < -0.4 is 0 Å². The highest BCUT2D eigenvalue weighted by molar-refractivity contribution is 6.77. The third kappa shape index (κ3) is 7.72. The van der Waals surface area contributed by atoms with Gasteiger partial charge in [-0.05, 0) is 65.8 Å². The van der Waals surface area contributed by atoms with Crippen molar-refractivity contribution in [2.24, 2.45) is 0 Å². The summed E-state index contributed by atoms with van der Waals surface area (Å²) in [5.41, 5.74) is 6.57. The molecule has 0 fully saturated rings. The Hall–Kier alpha value is -0.863. The van der Waals surface area contributed by atoms with Gasteiger partial charge in [0.2, 0.25) is 0 Å². The van der Waals surface area contributed by atoms with E-state index in [2.05, 4.69) is 99.6 Å². The number of hydrogen-bond acceptors (Lipinski definition) is 1. The van der Waals surface area contributed by atoms with Crippen LogP contribution in [0.4, 0.5) is 0 Å². The summed E-state index contributed by atoms with van der Waals surface area (Å²) >= 11 is 0. The van der Waals surface area contributed by atoms with E-state index in [1.165, 1.54) is 36.0 Å². The van der Waals surface area contributed by atoms with Crippen LogP contribution in [0.3, 0.4) is 0 Å².